The molecule has 0 fully saturated rings. The maximum Gasteiger partial charge on any atom is 0.530 e. The average molecular weight is 674 g/mol. The van der Waals surface area contributed by atoms with Gasteiger partial charge in [-0.2, -0.15) is 0 Å². The van der Waals surface area contributed by atoms with Crippen molar-refractivity contribution < 1.29 is 65.1 Å². The molecule has 229 valence electrons. The van der Waals surface area contributed by atoms with Crippen LogP contribution < -0.4 is 13.6 Å². The number of benzene rings is 3. The number of halogens is 6. The van der Waals surface area contributed by atoms with Crippen molar-refractivity contribution in [2.45, 2.75) is 13.3 Å². The van der Waals surface area contributed by atoms with Crippen molar-refractivity contribution in [1.82, 2.24) is 0 Å². The second-order valence-electron chi connectivity index (χ2n) is 7.61. The third-order valence-corrected chi connectivity index (χ3v) is 5.15. The number of allylic oxidation sites excluding steroid dienone is 4. The van der Waals surface area contributed by atoms with Gasteiger partial charge in [0.25, 0.3) is 0 Å². The van der Waals surface area contributed by atoms with Gasteiger partial charge < -0.3 is 13.6 Å². The van der Waals surface area contributed by atoms with Crippen LogP contribution in [0.25, 0.3) is 0 Å². The first-order valence-corrected chi connectivity index (χ1v) is 14.5. The van der Waals surface area contributed by atoms with Crippen LogP contribution in [0, 0.1) is 25.6 Å². The van der Waals surface area contributed by atoms with E-state index in [0.717, 1.165) is 5.92 Å². The summed E-state index contributed by atoms with van der Waals surface area (Å²) in [5.41, 5.74) is 0. The summed E-state index contributed by atoms with van der Waals surface area (Å²) in [5.74, 6) is 2.85. The Morgan fingerprint density at radius 1 is 0.619 bits per heavy atom. The Balaban J connectivity index is 0. The van der Waals surface area contributed by atoms with Crippen molar-refractivity contribution >= 4 is 16.4 Å². The van der Waals surface area contributed by atoms with E-state index in [0.29, 0.717) is 17.2 Å². The van der Waals surface area contributed by atoms with Crippen LogP contribution in [0.15, 0.2) is 115 Å². The quantitative estimate of drug-likeness (QED) is 0.0859. The largest absolute Gasteiger partial charge is 0.530 e. The topological polar surface area (TPSA) is 67.5 Å². The van der Waals surface area contributed by atoms with Crippen LogP contribution in [-0.4, -0.2) is 0 Å². The van der Waals surface area contributed by atoms with Crippen molar-refractivity contribution in [3.8, 4) is 17.2 Å². The van der Waals surface area contributed by atoms with Crippen molar-refractivity contribution in [2.24, 2.45) is 5.92 Å². The minimum atomic E-state index is -10.7. The first-order chi connectivity index (χ1) is 19.2. The molecule has 14 heteroatoms. The van der Waals surface area contributed by atoms with Gasteiger partial charge in [0.1, 0.15) is 17.2 Å². The fraction of sp³-hybridized carbons (Fsp3) is 0.107. The zero-order valence-corrected chi connectivity index (χ0v) is 24.8. The van der Waals surface area contributed by atoms with Crippen LogP contribution in [-0.2, 0) is 26.4 Å². The van der Waals surface area contributed by atoms with E-state index in [9.17, 15) is 25.2 Å². The Hall–Kier alpha value is -3.02. The van der Waals surface area contributed by atoms with Crippen LogP contribution in [0.3, 0.4) is 0 Å². The van der Waals surface area contributed by atoms with Crippen molar-refractivity contribution in [2.75, 3.05) is 0 Å². The summed E-state index contributed by atoms with van der Waals surface area (Å²) in [6.07, 6.45) is 11.9. The maximum atomic E-state index is 9.87. The van der Waals surface area contributed by atoms with Crippen LogP contribution >= 0.6 is 16.4 Å². The van der Waals surface area contributed by atoms with Crippen molar-refractivity contribution in [1.29, 1.82) is 0 Å². The molecule has 1 atom stereocenters. The fourth-order valence-electron chi connectivity index (χ4n) is 2.53. The Morgan fingerprint density at radius 3 is 1.24 bits per heavy atom. The molecule has 1 aliphatic rings. The van der Waals surface area contributed by atoms with Crippen LogP contribution in [0.5, 0.6) is 17.2 Å². The van der Waals surface area contributed by atoms with Gasteiger partial charge in [-0.1, -0.05) is 85.8 Å². The van der Waals surface area contributed by atoms with Gasteiger partial charge in [-0.15, -0.1) is 0 Å². The van der Waals surface area contributed by atoms with Gasteiger partial charge in [-0.05, 0) is 55.2 Å². The molecule has 1 aliphatic carbocycles. The van der Waals surface area contributed by atoms with E-state index in [1.54, 1.807) is 0 Å². The molecule has 42 heavy (non-hydrogen) atoms. The molecule has 0 saturated carbocycles. The van der Waals surface area contributed by atoms with Crippen LogP contribution in [0.1, 0.15) is 13.3 Å². The molecule has 0 heterocycles. The molecule has 4 rings (SSSR count). The van der Waals surface area contributed by atoms with Gasteiger partial charge >= 0.3 is 64.2 Å². The standard InChI is InChI=1S/C18H15O3P.C8H11.2CO.F6P.Fe/c1-4-10-16(11-5-1)19-22(20-17-12-6-2-7-13-17)21-18-14-8-3-9-15-18;1-8-6-4-2-3-5-7-8;2*1-2;1-7(2,3,4,5)6;/h1-15H;2-6,8H,7H2,1H3;;;;/q;;;;-1;/t;8-;;;;/m.0..../s1. The normalized spacial score (nSPS) is 13.3. The summed E-state index contributed by atoms with van der Waals surface area (Å²) < 4.78 is 91.7. The average Bonchev–Trinajstić information content (AvgIpc) is 3.19. The first-order valence-electron chi connectivity index (χ1n) is 11.4. The van der Waals surface area contributed by atoms with Crippen molar-refractivity contribution in [3.05, 3.63) is 135 Å². The van der Waals surface area contributed by atoms with Crippen LogP contribution in [0.4, 0.5) is 25.2 Å². The summed E-state index contributed by atoms with van der Waals surface area (Å²) in [6, 6.07) is 28.5. The van der Waals surface area contributed by atoms with Crippen molar-refractivity contribution in [3.63, 3.8) is 0 Å². The second-order valence-corrected chi connectivity index (χ2v) is 10.5. The molecule has 0 bridgehead atoms. The monoisotopic (exact) mass is 674 g/mol. The molecule has 3 aromatic rings. The molecule has 3 aromatic carbocycles. The molecule has 0 amide bonds. The Kier molecular flexibility index (Phi) is 19.6. The molecule has 0 unspecified atom stereocenters. The van der Waals surface area contributed by atoms with E-state index in [2.05, 4.69) is 50.9 Å². The molecule has 0 spiro atoms. The fourth-order valence-corrected chi connectivity index (χ4v) is 3.52. The number of rotatable bonds is 6. The molecule has 0 aromatic heterocycles. The molecule has 5 nitrogen and oxygen atoms in total. The molecule has 0 saturated heterocycles. The van der Waals surface area contributed by atoms with E-state index >= 15 is 0 Å². The van der Waals surface area contributed by atoms with Gasteiger partial charge in [0.05, 0.1) is 0 Å². The second kappa shape index (κ2) is 20.0. The van der Waals surface area contributed by atoms with E-state index in [1.807, 2.05) is 91.0 Å². The summed E-state index contributed by atoms with van der Waals surface area (Å²) in [5, 5.41) is 0. The van der Waals surface area contributed by atoms with Gasteiger partial charge in [0, 0.05) is 17.1 Å². The SMILES string of the molecule is C[C@H]1[CH]C=CC=CC1.F[P-](F)(F)(F)(F)F.[C-]#[O+].[C-]#[O+].[Fe].c1ccc(OP(Oc2ccccc2)Oc2ccccc2)cc1. The number of para-hydroxylation sites is 3. The Labute approximate surface area is 252 Å². The van der Waals surface area contributed by atoms with E-state index in [1.165, 1.54) is 6.42 Å². The van der Waals surface area contributed by atoms with Gasteiger partial charge in [0.15, 0.2) is 0 Å². The van der Waals surface area contributed by atoms with Gasteiger partial charge in [-0.3, -0.25) is 0 Å². The summed E-state index contributed by atoms with van der Waals surface area (Å²) in [7, 11) is -12.2. The predicted octanol–water partition coefficient (Wildman–Crippen LogP) is 11.1. The third kappa shape index (κ3) is 27.2. The molecule has 1 radical (unpaired) electrons. The van der Waals surface area contributed by atoms with E-state index in [4.69, 9.17) is 22.9 Å². The smallest absolute Gasteiger partial charge is 0.409 e. The minimum absolute atomic E-state index is 0. The van der Waals surface area contributed by atoms with E-state index < -0.39 is 16.4 Å². The predicted molar refractivity (Wildman–Crippen MR) is 146 cm³/mol. The maximum absolute atomic E-state index is 10.7. The van der Waals surface area contributed by atoms with E-state index in [-0.39, 0.29) is 17.1 Å². The number of hydrogen-bond donors (Lipinski definition) is 0. The first kappa shape index (κ1) is 41.1. The molecule has 0 aliphatic heterocycles. The van der Waals surface area contributed by atoms with Gasteiger partial charge in [0.2, 0.25) is 0 Å². The molecular weight excluding hydrogens is 648 g/mol. The number of hydrogen-bond acceptors (Lipinski definition) is 3. The Morgan fingerprint density at radius 2 is 0.929 bits per heavy atom. The molecular formula is C28H26F6FeO5P2-. The Bertz CT molecular complexity index is 1080. The van der Waals surface area contributed by atoms with Crippen LogP contribution in [0.2, 0.25) is 0 Å². The van der Waals surface area contributed by atoms with Gasteiger partial charge in [-0.25, -0.2) is 0 Å². The third-order valence-electron chi connectivity index (χ3n) is 4.08. The zero-order valence-electron chi connectivity index (χ0n) is 21.9. The minimum Gasteiger partial charge on any atom is -0.409 e. The summed E-state index contributed by atoms with van der Waals surface area (Å²) in [4.78, 5) is 0. The summed E-state index contributed by atoms with van der Waals surface area (Å²) in [6.45, 7) is 11.2. The zero-order chi connectivity index (χ0) is 31.3. The summed E-state index contributed by atoms with van der Waals surface area (Å²) >= 11 is 0. The molecule has 0 N–H and O–H groups in total.